The van der Waals surface area contributed by atoms with Crippen LogP contribution in [-0.4, -0.2) is 9.55 Å². The summed E-state index contributed by atoms with van der Waals surface area (Å²) in [5.74, 6) is 0. The van der Waals surface area contributed by atoms with Gasteiger partial charge in [-0.2, -0.15) is 10.5 Å². The quantitative estimate of drug-likeness (QED) is 0.804. The molecule has 0 aliphatic carbocycles. The number of hydrogen-bond donors (Lipinski definition) is 0. The second-order valence-corrected chi connectivity index (χ2v) is 5.40. The van der Waals surface area contributed by atoms with Gasteiger partial charge in [-0.1, -0.05) is 0 Å². The lowest BCUT2D eigenvalue weighted by Gasteiger charge is -1.99. The SMILES string of the molecule is CC([S+]=O)c1sc(C#N)c(-n2ccnc2)c1C#N. The van der Waals surface area contributed by atoms with Crippen molar-refractivity contribution in [3.8, 4) is 17.8 Å². The van der Waals surface area contributed by atoms with Crippen molar-refractivity contribution in [3.63, 3.8) is 0 Å². The highest BCUT2D eigenvalue weighted by molar-refractivity contribution is 7.66. The standard InChI is InChI=1S/C11H7N4OS2/c1-7(18-16)11-8(4-12)10(9(5-13)17-11)15-3-2-14-6-15/h2-3,6-7H,1H3/q+1. The maximum atomic E-state index is 10.9. The minimum atomic E-state index is -0.353. The Morgan fingerprint density at radius 2 is 2.28 bits per heavy atom. The Morgan fingerprint density at radius 3 is 2.78 bits per heavy atom. The molecule has 0 aliphatic rings. The fourth-order valence-electron chi connectivity index (χ4n) is 1.59. The Balaban J connectivity index is 2.73. The molecule has 18 heavy (non-hydrogen) atoms. The van der Waals surface area contributed by atoms with E-state index in [-0.39, 0.29) is 5.25 Å². The van der Waals surface area contributed by atoms with E-state index in [1.165, 1.54) is 17.7 Å². The van der Waals surface area contributed by atoms with E-state index in [9.17, 15) is 9.47 Å². The molecule has 7 heteroatoms. The number of aromatic nitrogens is 2. The molecule has 2 rings (SSSR count). The van der Waals surface area contributed by atoms with Crippen LogP contribution in [0.4, 0.5) is 0 Å². The molecule has 0 fully saturated rings. The Bertz CT molecular complexity index is 661. The van der Waals surface area contributed by atoms with Crippen LogP contribution in [0.5, 0.6) is 0 Å². The van der Waals surface area contributed by atoms with Crippen molar-refractivity contribution in [2.45, 2.75) is 12.2 Å². The van der Waals surface area contributed by atoms with Gasteiger partial charge in [-0.05, 0) is 0 Å². The van der Waals surface area contributed by atoms with Crippen molar-refractivity contribution in [2.75, 3.05) is 0 Å². The molecular formula is C11H7N4OS2+. The third-order valence-corrected chi connectivity index (χ3v) is 4.34. The van der Waals surface area contributed by atoms with Crippen molar-refractivity contribution in [1.29, 1.82) is 10.5 Å². The van der Waals surface area contributed by atoms with Gasteiger partial charge in [0.1, 0.15) is 17.0 Å². The van der Waals surface area contributed by atoms with E-state index in [1.54, 1.807) is 23.9 Å². The molecule has 1 atom stereocenters. The van der Waals surface area contributed by atoms with E-state index >= 15 is 0 Å². The zero-order chi connectivity index (χ0) is 13.1. The number of rotatable bonds is 3. The van der Waals surface area contributed by atoms with Crippen molar-refractivity contribution in [1.82, 2.24) is 9.55 Å². The summed E-state index contributed by atoms with van der Waals surface area (Å²) >= 11 is 1.60. The molecule has 1 unspecified atom stereocenters. The van der Waals surface area contributed by atoms with Crippen LogP contribution < -0.4 is 0 Å². The molecule has 0 aliphatic heterocycles. The van der Waals surface area contributed by atoms with E-state index in [1.807, 2.05) is 0 Å². The second kappa shape index (κ2) is 5.05. The lowest BCUT2D eigenvalue weighted by Crippen LogP contribution is -1.96. The van der Waals surface area contributed by atoms with Gasteiger partial charge < -0.3 is 4.57 Å². The third kappa shape index (κ3) is 1.90. The summed E-state index contributed by atoms with van der Waals surface area (Å²) in [5, 5.41) is 18.0. The van der Waals surface area contributed by atoms with Gasteiger partial charge in [-0.3, -0.25) is 0 Å². The molecule has 5 nitrogen and oxygen atoms in total. The van der Waals surface area contributed by atoms with Crippen LogP contribution in [0.2, 0.25) is 0 Å². The molecule has 0 aromatic carbocycles. The minimum Gasteiger partial charge on any atom is -0.303 e. The van der Waals surface area contributed by atoms with Gasteiger partial charge >= 0.3 is 11.7 Å². The highest BCUT2D eigenvalue weighted by atomic mass is 32.1. The molecule has 2 heterocycles. The van der Waals surface area contributed by atoms with Gasteiger partial charge in [0, 0.05) is 23.5 Å². The molecule has 88 valence electrons. The fourth-order valence-corrected chi connectivity index (χ4v) is 3.04. The van der Waals surface area contributed by atoms with E-state index in [0.29, 0.717) is 32.7 Å². The Hall–Kier alpha value is -2.09. The number of hydrogen-bond acceptors (Lipinski definition) is 5. The van der Waals surface area contributed by atoms with Crippen LogP contribution in [0.25, 0.3) is 5.69 Å². The van der Waals surface area contributed by atoms with Crippen LogP contribution >= 0.6 is 11.3 Å². The van der Waals surface area contributed by atoms with E-state index in [0.717, 1.165) is 0 Å². The van der Waals surface area contributed by atoms with Gasteiger partial charge in [-0.25, -0.2) is 4.98 Å². The summed E-state index contributed by atoms with van der Waals surface area (Å²) in [6.45, 7) is 1.73. The monoisotopic (exact) mass is 275 g/mol. The molecule has 0 saturated heterocycles. The molecule has 0 bridgehead atoms. The number of nitrogens with zero attached hydrogens (tertiary/aromatic N) is 4. The van der Waals surface area contributed by atoms with Crippen LogP contribution in [0.3, 0.4) is 0 Å². The number of thiophene rings is 1. The lowest BCUT2D eigenvalue weighted by atomic mass is 10.2. The summed E-state index contributed by atoms with van der Waals surface area (Å²) in [6, 6.07) is 4.15. The maximum Gasteiger partial charge on any atom is 0.467 e. The predicted octanol–water partition coefficient (Wildman–Crippen LogP) is 2.17. The summed E-state index contributed by atoms with van der Waals surface area (Å²) < 4.78 is 12.5. The first-order valence-electron chi connectivity index (χ1n) is 4.96. The van der Waals surface area contributed by atoms with Gasteiger partial charge in [0.25, 0.3) is 5.25 Å². The molecule has 0 N–H and O–H groups in total. The molecule has 0 saturated carbocycles. The molecule has 2 aromatic rings. The van der Waals surface area contributed by atoms with E-state index in [2.05, 4.69) is 17.1 Å². The first-order chi connectivity index (χ1) is 8.72. The average Bonchev–Trinajstić information content (AvgIpc) is 3.03. The van der Waals surface area contributed by atoms with Crippen molar-refractivity contribution >= 4 is 23.0 Å². The maximum absolute atomic E-state index is 10.9. The van der Waals surface area contributed by atoms with Gasteiger partial charge in [0.05, 0.1) is 22.5 Å². The summed E-state index contributed by atoms with van der Waals surface area (Å²) in [4.78, 5) is 4.96. The number of nitriles is 2. The number of imidazole rings is 1. The zero-order valence-electron chi connectivity index (χ0n) is 9.32. The van der Waals surface area contributed by atoms with Crippen molar-refractivity contribution in [3.05, 3.63) is 34.0 Å². The first kappa shape index (κ1) is 12.4. The third-order valence-electron chi connectivity index (χ3n) is 2.40. The normalized spacial score (nSPS) is 11.5. The smallest absolute Gasteiger partial charge is 0.303 e. The van der Waals surface area contributed by atoms with E-state index in [4.69, 9.17) is 5.26 Å². The largest absolute Gasteiger partial charge is 0.467 e. The molecule has 0 radical (unpaired) electrons. The summed E-state index contributed by atoms with van der Waals surface area (Å²) in [7, 11) is 0. The molecular weight excluding hydrogens is 268 g/mol. The Kier molecular flexibility index (Phi) is 3.47. The lowest BCUT2D eigenvalue weighted by molar-refractivity contribution is 0.601. The van der Waals surface area contributed by atoms with Crippen LogP contribution in [0.1, 0.15) is 27.5 Å². The van der Waals surface area contributed by atoms with Crippen molar-refractivity contribution in [2.24, 2.45) is 0 Å². The predicted molar refractivity (Wildman–Crippen MR) is 67.3 cm³/mol. The van der Waals surface area contributed by atoms with E-state index < -0.39 is 0 Å². The summed E-state index contributed by atoms with van der Waals surface area (Å²) in [5.41, 5.74) is 0.892. The first-order valence-corrected chi connectivity index (χ1v) is 6.58. The van der Waals surface area contributed by atoms with Crippen LogP contribution in [0.15, 0.2) is 18.7 Å². The zero-order valence-corrected chi connectivity index (χ0v) is 11.0. The summed E-state index contributed by atoms with van der Waals surface area (Å²) in [6.07, 6.45) is 4.77. The Morgan fingerprint density at radius 1 is 1.50 bits per heavy atom. The average molecular weight is 275 g/mol. The van der Waals surface area contributed by atoms with Gasteiger partial charge in [0.15, 0.2) is 0 Å². The minimum absolute atomic E-state index is 0.353. The highest BCUT2D eigenvalue weighted by Crippen LogP contribution is 2.35. The topological polar surface area (TPSA) is 82.5 Å². The molecule has 2 aromatic heterocycles. The van der Waals surface area contributed by atoms with Gasteiger partial charge in [0.2, 0.25) is 0 Å². The Labute approximate surface area is 111 Å². The second-order valence-electron chi connectivity index (χ2n) is 3.45. The molecule has 0 spiro atoms. The molecule has 0 amide bonds. The van der Waals surface area contributed by atoms with Crippen LogP contribution in [-0.2, 0) is 15.9 Å². The van der Waals surface area contributed by atoms with Gasteiger partial charge in [-0.15, -0.1) is 11.3 Å². The van der Waals surface area contributed by atoms with Crippen molar-refractivity contribution < 1.29 is 4.21 Å². The highest BCUT2D eigenvalue weighted by Gasteiger charge is 2.29. The fraction of sp³-hybridized carbons (Fsp3) is 0.182. The van der Waals surface area contributed by atoms with Crippen LogP contribution in [0, 0.1) is 22.7 Å².